The number of imidazole rings is 1. The van der Waals surface area contributed by atoms with Crippen LogP contribution in [0.3, 0.4) is 0 Å². The molecule has 1 aliphatic heterocycles. The van der Waals surface area contributed by atoms with Gasteiger partial charge in [-0.15, -0.1) is 0 Å². The lowest BCUT2D eigenvalue weighted by Gasteiger charge is -2.09. The van der Waals surface area contributed by atoms with Gasteiger partial charge in [-0.25, -0.2) is 4.98 Å². The van der Waals surface area contributed by atoms with E-state index in [-0.39, 0.29) is 12.4 Å². The first-order valence-electron chi connectivity index (χ1n) is 7.40. The minimum atomic E-state index is -0.863. The lowest BCUT2D eigenvalue weighted by molar-refractivity contribution is 0.0923. The number of hydrogen-bond donors (Lipinski definition) is 2. The zero-order chi connectivity index (χ0) is 16.7. The monoisotopic (exact) mass is 384 g/mol. The van der Waals surface area contributed by atoms with Crippen molar-refractivity contribution in [1.29, 1.82) is 0 Å². The van der Waals surface area contributed by atoms with Crippen molar-refractivity contribution in [2.24, 2.45) is 4.99 Å². The number of anilines is 1. The number of aliphatic hydroxyl groups is 1. The molecule has 3 heterocycles. The highest BCUT2D eigenvalue weighted by molar-refractivity contribution is 9.10. The van der Waals surface area contributed by atoms with Crippen LogP contribution >= 0.6 is 15.9 Å². The number of aliphatic hydroxyl groups excluding tert-OH is 1. The van der Waals surface area contributed by atoms with E-state index >= 15 is 0 Å². The van der Waals surface area contributed by atoms with E-state index in [1.807, 2.05) is 42.5 Å². The molecule has 7 heteroatoms. The largest absolute Gasteiger partial charge is 0.394 e. The van der Waals surface area contributed by atoms with Gasteiger partial charge in [0.2, 0.25) is 5.78 Å². The molecule has 0 spiro atoms. The van der Waals surface area contributed by atoms with E-state index in [1.165, 1.54) is 0 Å². The van der Waals surface area contributed by atoms with Crippen molar-refractivity contribution in [3.05, 3.63) is 64.4 Å². The number of amidine groups is 1. The second-order valence-corrected chi connectivity index (χ2v) is 6.33. The zero-order valence-corrected chi connectivity index (χ0v) is 14.1. The molecule has 0 radical (unpaired) electrons. The second-order valence-electron chi connectivity index (χ2n) is 5.41. The third-order valence-electron chi connectivity index (χ3n) is 3.88. The summed E-state index contributed by atoms with van der Waals surface area (Å²) in [5.74, 6) is 0.701. The standard InChI is InChI=1S/C17H13BrN4O2/c18-11-6-4-10(5-7-11)16-19-12(9-23)15(24)14-17(21-16)20-13-3-1-2-8-22(13)14/h1-8,12,23H,9H2,(H,19,21)/t12-/m0/s1. The number of ketones is 1. The van der Waals surface area contributed by atoms with Gasteiger partial charge in [0.15, 0.2) is 5.82 Å². The number of nitrogens with zero attached hydrogens (tertiary/aromatic N) is 3. The smallest absolute Gasteiger partial charge is 0.210 e. The van der Waals surface area contributed by atoms with Gasteiger partial charge in [0.05, 0.1) is 6.61 Å². The number of aliphatic imine (C=N–C) groups is 1. The van der Waals surface area contributed by atoms with E-state index in [4.69, 9.17) is 0 Å². The highest BCUT2D eigenvalue weighted by Crippen LogP contribution is 2.24. The molecule has 1 aromatic carbocycles. The number of carbonyl (C=O) groups excluding carboxylic acids is 1. The van der Waals surface area contributed by atoms with Crippen LogP contribution in [0.15, 0.2) is 58.1 Å². The quantitative estimate of drug-likeness (QED) is 0.711. The van der Waals surface area contributed by atoms with Crippen LogP contribution in [0.4, 0.5) is 5.82 Å². The summed E-state index contributed by atoms with van der Waals surface area (Å²) in [6.07, 6.45) is 1.78. The predicted molar refractivity (Wildman–Crippen MR) is 94.7 cm³/mol. The molecule has 1 atom stereocenters. The first kappa shape index (κ1) is 15.0. The number of rotatable bonds is 2. The van der Waals surface area contributed by atoms with E-state index in [0.29, 0.717) is 23.0 Å². The van der Waals surface area contributed by atoms with Gasteiger partial charge in [0, 0.05) is 16.2 Å². The van der Waals surface area contributed by atoms with Crippen molar-refractivity contribution in [2.45, 2.75) is 6.04 Å². The number of carbonyl (C=O) groups is 1. The van der Waals surface area contributed by atoms with Gasteiger partial charge in [-0.2, -0.15) is 0 Å². The summed E-state index contributed by atoms with van der Waals surface area (Å²) in [6, 6.07) is 12.2. The van der Waals surface area contributed by atoms with Gasteiger partial charge < -0.3 is 10.4 Å². The van der Waals surface area contributed by atoms with Gasteiger partial charge in [-0.05, 0) is 24.3 Å². The van der Waals surface area contributed by atoms with Crippen molar-refractivity contribution in [3.63, 3.8) is 0 Å². The molecule has 0 bridgehead atoms. The summed E-state index contributed by atoms with van der Waals surface area (Å²) in [6.45, 7) is -0.361. The maximum Gasteiger partial charge on any atom is 0.210 e. The van der Waals surface area contributed by atoms with E-state index in [0.717, 1.165) is 10.0 Å². The average Bonchev–Trinajstić information content (AvgIpc) is 2.90. The van der Waals surface area contributed by atoms with Crippen molar-refractivity contribution in [2.75, 3.05) is 11.9 Å². The number of aromatic nitrogens is 2. The Bertz CT molecular complexity index is 962. The maximum absolute atomic E-state index is 12.8. The SMILES string of the molecule is O=C1c2c(nc3ccccn23)NC(c2ccc(Br)cc2)=N[C@H]1CO. The summed E-state index contributed by atoms with van der Waals surface area (Å²) in [4.78, 5) is 21.7. The van der Waals surface area contributed by atoms with Crippen molar-refractivity contribution < 1.29 is 9.90 Å². The molecule has 0 aliphatic carbocycles. The molecule has 0 unspecified atom stereocenters. The lowest BCUT2D eigenvalue weighted by atomic mass is 10.1. The minimum absolute atomic E-state index is 0.259. The fourth-order valence-corrected chi connectivity index (χ4v) is 2.98. The second kappa shape index (κ2) is 5.85. The number of benzene rings is 1. The first-order chi connectivity index (χ1) is 11.7. The van der Waals surface area contributed by atoms with Crippen molar-refractivity contribution in [3.8, 4) is 0 Å². The molecule has 120 valence electrons. The zero-order valence-electron chi connectivity index (χ0n) is 12.5. The van der Waals surface area contributed by atoms with Crippen LogP contribution in [0.1, 0.15) is 16.1 Å². The molecule has 0 fully saturated rings. The highest BCUT2D eigenvalue weighted by Gasteiger charge is 2.30. The molecule has 0 amide bonds. The summed E-state index contributed by atoms with van der Waals surface area (Å²) in [5, 5.41) is 12.8. The molecule has 3 aromatic rings. The van der Waals surface area contributed by atoms with Crippen LogP contribution in [-0.2, 0) is 0 Å². The van der Waals surface area contributed by atoms with Crippen LogP contribution < -0.4 is 5.32 Å². The fourth-order valence-electron chi connectivity index (χ4n) is 2.71. The summed E-state index contributed by atoms with van der Waals surface area (Å²) >= 11 is 3.40. The van der Waals surface area contributed by atoms with Crippen LogP contribution in [0.5, 0.6) is 0 Å². The summed E-state index contributed by atoms with van der Waals surface area (Å²) in [5.41, 5.74) is 1.88. The highest BCUT2D eigenvalue weighted by atomic mass is 79.9. The molecule has 1 aliphatic rings. The molecule has 2 N–H and O–H groups in total. The molecule has 4 rings (SSSR count). The van der Waals surface area contributed by atoms with Gasteiger partial charge in [0.1, 0.15) is 23.2 Å². The third-order valence-corrected chi connectivity index (χ3v) is 4.41. The van der Waals surface area contributed by atoms with Crippen molar-refractivity contribution >= 4 is 39.0 Å². The number of fused-ring (bicyclic) bond motifs is 3. The molecular weight excluding hydrogens is 372 g/mol. The van der Waals surface area contributed by atoms with Gasteiger partial charge in [0.25, 0.3) is 0 Å². The maximum atomic E-state index is 12.8. The topological polar surface area (TPSA) is 79.0 Å². The van der Waals surface area contributed by atoms with Gasteiger partial charge in [-0.1, -0.05) is 34.1 Å². The normalized spacial score (nSPS) is 17.2. The fraction of sp³-hybridized carbons (Fsp3) is 0.118. The molecule has 2 aromatic heterocycles. The Balaban J connectivity index is 1.89. The number of halogens is 1. The van der Waals surface area contributed by atoms with Crippen LogP contribution in [-0.4, -0.2) is 38.8 Å². The van der Waals surface area contributed by atoms with E-state index in [2.05, 4.69) is 31.2 Å². The Morgan fingerprint density at radius 2 is 2.00 bits per heavy atom. The number of hydrogen-bond acceptors (Lipinski definition) is 5. The number of nitrogens with one attached hydrogen (secondary N) is 1. The molecule has 24 heavy (non-hydrogen) atoms. The third kappa shape index (κ3) is 2.42. The summed E-state index contributed by atoms with van der Waals surface area (Å²) < 4.78 is 2.66. The molecule has 0 saturated carbocycles. The minimum Gasteiger partial charge on any atom is -0.394 e. The Hall–Kier alpha value is -2.51. The van der Waals surface area contributed by atoms with E-state index < -0.39 is 6.04 Å². The summed E-state index contributed by atoms with van der Waals surface area (Å²) in [7, 11) is 0. The number of pyridine rings is 1. The Morgan fingerprint density at radius 3 is 2.75 bits per heavy atom. The van der Waals surface area contributed by atoms with E-state index in [1.54, 1.807) is 10.6 Å². The van der Waals surface area contributed by atoms with Gasteiger partial charge in [-0.3, -0.25) is 14.2 Å². The Morgan fingerprint density at radius 1 is 1.21 bits per heavy atom. The Kier molecular flexibility index (Phi) is 3.66. The predicted octanol–water partition coefficient (Wildman–Crippen LogP) is 2.51. The van der Waals surface area contributed by atoms with Crippen LogP contribution in [0.25, 0.3) is 5.65 Å². The van der Waals surface area contributed by atoms with Crippen LogP contribution in [0.2, 0.25) is 0 Å². The van der Waals surface area contributed by atoms with Gasteiger partial charge >= 0.3 is 0 Å². The average molecular weight is 385 g/mol. The Labute approximate surface area is 146 Å². The molecule has 0 saturated heterocycles. The number of Topliss-reactive ketones (excluding diaryl/α,β-unsaturated/α-hetero) is 1. The molecule has 6 nitrogen and oxygen atoms in total. The van der Waals surface area contributed by atoms with Crippen molar-refractivity contribution in [1.82, 2.24) is 9.38 Å². The lowest BCUT2D eigenvalue weighted by Crippen LogP contribution is -2.24. The first-order valence-corrected chi connectivity index (χ1v) is 8.19. The van der Waals surface area contributed by atoms with Crippen LogP contribution in [0, 0.1) is 0 Å². The van der Waals surface area contributed by atoms with E-state index in [9.17, 15) is 9.90 Å². The molecular formula is C17H13BrN4O2.